The molecule has 0 amide bonds. The highest BCUT2D eigenvalue weighted by atomic mass is 15.1. The molecule has 1 aliphatic rings. The van der Waals surface area contributed by atoms with E-state index in [1.54, 1.807) is 0 Å². The van der Waals surface area contributed by atoms with Gasteiger partial charge in [-0.15, -0.1) is 0 Å². The van der Waals surface area contributed by atoms with Crippen molar-refractivity contribution in [2.75, 3.05) is 0 Å². The smallest absolute Gasteiger partial charge is 0.164 e. The molecule has 0 saturated carbocycles. The summed E-state index contributed by atoms with van der Waals surface area (Å²) in [4.78, 5) is 16.5. The van der Waals surface area contributed by atoms with Crippen molar-refractivity contribution in [1.29, 1.82) is 0 Å². The van der Waals surface area contributed by atoms with Crippen LogP contribution in [0.5, 0.6) is 0 Å². The van der Waals surface area contributed by atoms with Crippen molar-refractivity contribution < 1.29 is 0 Å². The van der Waals surface area contributed by atoms with Crippen LogP contribution in [0.15, 0.2) is 358 Å². The zero-order valence-electron chi connectivity index (χ0n) is 54.7. The molecule has 5 heterocycles. The van der Waals surface area contributed by atoms with Crippen LogP contribution in [0.25, 0.3) is 166 Å². The third-order valence-electron chi connectivity index (χ3n) is 21.2. The first-order chi connectivity index (χ1) is 50.2. The van der Waals surface area contributed by atoms with Gasteiger partial charge in [-0.05, 0) is 106 Å². The number of para-hydroxylation sites is 7. The van der Waals surface area contributed by atoms with Crippen LogP contribution in [0, 0.1) is 0 Å². The van der Waals surface area contributed by atoms with Gasteiger partial charge in [-0.3, -0.25) is 0 Å². The predicted molar refractivity (Wildman–Crippen MR) is 416 cm³/mol. The molecule has 0 radical (unpaired) electrons. The van der Waals surface area contributed by atoms with Crippen LogP contribution in [-0.4, -0.2) is 33.2 Å². The first-order valence-electron chi connectivity index (χ1n) is 34.6. The molecule has 0 spiro atoms. The van der Waals surface area contributed by atoms with Crippen LogP contribution in [0.4, 0.5) is 0 Å². The number of nitrogens with zero attached hydrogens (tertiary/aromatic N) is 7. The molecule has 0 unspecified atom stereocenters. The molecule has 0 atom stereocenters. The summed E-state index contributed by atoms with van der Waals surface area (Å²) in [6.45, 7) is 0. The fourth-order valence-corrected chi connectivity index (χ4v) is 17.2. The van der Waals surface area contributed by atoms with Crippen molar-refractivity contribution >= 4 is 87.2 Å². The summed E-state index contributed by atoms with van der Waals surface area (Å²) < 4.78 is 10.2. The lowest BCUT2D eigenvalue weighted by Gasteiger charge is -2.34. The lowest BCUT2D eigenvalue weighted by molar-refractivity contribution is 0.768. The van der Waals surface area contributed by atoms with Crippen molar-refractivity contribution in [3.05, 3.63) is 380 Å². The van der Waals surface area contributed by atoms with E-state index < -0.39 is 5.41 Å². The molecule has 7 nitrogen and oxygen atoms in total. The summed E-state index contributed by atoms with van der Waals surface area (Å²) in [6, 6.07) is 131. The number of fused-ring (bicyclic) bond motifs is 18. The van der Waals surface area contributed by atoms with Gasteiger partial charge >= 0.3 is 0 Å². The quantitative estimate of drug-likeness (QED) is 0.137. The van der Waals surface area contributed by atoms with Crippen molar-refractivity contribution in [3.63, 3.8) is 0 Å². The molecule has 470 valence electrons. The molecule has 1 aliphatic carbocycles. The molecule has 0 fully saturated rings. The average Bonchev–Trinajstić information content (AvgIpc) is 1.54. The Bertz CT molecular complexity index is 6500. The monoisotopic (exact) mass is 1290 g/mol. The van der Waals surface area contributed by atoms with Crippen LogP contribution in [0.2, 0.25) is 0 Å². The molecule has 21 rings (SSSR count). The number of benzene rings is 15. The minimum atomic E-state index is -0.630. The fourth-order valence-electron chi connectivity index (χ4n) is 17.2. The van der Waals surface area contributed by atoms with Crippen molar-refractivity contribution in [2.45, 2.75) is 5.41 Å². The Kier molecular flexibility index (Phi) is 12.5. The highest BCUT2D eigenvalue weighted by molar-refractivity contribution is 6.40. The zero-order valence-corrected chi connectivity index (χ0v) is 54.7. The van der Waals surface area contributed by atoms with Crippen LogP contribution in [0.1, 0.15) is 22.3 Å². The van der Waals surface area contributed by atoms with Gasteiger partial charge in [0.15, 0.2) is 17.5 Å². The number of hydrogen-bond donors (Lipinski definition) is 0. The number of hydrogen-bond acceptors (Lipinski definition) is 3. The predicted octanol–water partition coefficient (Wildman–Crippen LogP) is 23.3. The lowest BCUT2D eigenvalue weighted by atomic mass is 9.67. The maximum absolute atomic E-state index is 5.62. The Morgan fingerprint density at radius 2 is 0.545 bits per heavy atom. The van der Waals surface area contributed by atoms with Gasteiger partial charge in [-0.25, -0.2) is 15.0 Å². The minimum Gasteiger partial charge on any atom is -0.309 e. The maximum atomic E-state index is 5.62. The molecule has 0 aliphatic heterocycles. The Morgan fingerprint density at radius 1 is 0.228 bits per heavy atom. The Balaban J connectivity index is 0.984. The van der Waals surface area contributed by atoms with Gasteiger partial charge in [-0.2, -0.15) is 0 Å². The molecule has 7 heteroatoms. The number of rotatable bonds is 10. The van der Waals surface area contributed by atoms with Crippen LogP contribution < -0.4 is 0 Å². The van der Waals surface area contributed by atoms with E-state index in [0.29, 0.717) is 17.5 Å². The van der Waals surface area contributed by atoms with E-state index in [0.717, 1.165) is 127 Å². The lowest BCUT2D eigenvalue weighted by Crippen LogP contribution is -2.28. The van der Waals surface area contributed by atoms with E-state index in [9.17, 15) is 0 Å². The standard InChI is InChI=1S/C94H59N7/c1-6-30-61(31-7-1)91-95-92(62-32-8-2-9-33-62)97-93(96-91)63-58-82(100-77-49-25-18-42-70(77)71-43-19-26-50-78(71)100)84(60-54-56-65(57-55-60)94(64-34-10-3-11-35-64)75-47-23-16-40-68(75)69-41-17-24-48-76(69)94)83(59-63)101-81-53-29-22-46-74(81)87-89-85(72-44-20-27-51-79(72)98(89)66-36-12-4-13-37-66)88-86(90(87)101)73-45-21-28-52-80(73)99(88)67-38-14-5-15-39-67/h1-59H. The van der Waals surface area contributed by atoms with Crippen molar-refractivity contribution in [1.82, 2.24) is 33.2 Å². The van der Waals surface area contributed by atoms with Crippen LogP contribution >= 0.6 is 0 Å². The SMILES string of the molecule is c1ccc(-c2nc(-c3ccccc3)nc(-c3cc(-n4c5ccccc5c5ccccc54)c(-c4ccc(C5(c6ccccc6)c6ccccc6-c6ccccc65)cc4)c(-n4c5ccccc5c5c6c(c7ccccc7n6-c6ccccc6)c6c(c7ccccc7n6-c6ccccc6)c54)c3)n2)cc1. The zero-order chi connectivity index (χ0) is 66.3. The molecule has 20 aromatic rings. The van der Waals surface area contributed by atoms with Crippen molar-refractivity contribution in [3.8, 4) is 79.2 Å². The van der Waals surface area contributed by atoms with E-state index in [1.165, 1.54) is 44.2 Å². The van der Waals surface area contributed by atoms with E-state index >= 15 is 0 Å². The molecular weight excluding hydrogens is 1230 g/mol. The second-order valence-corrected chi connectivity index (χ2v) is 26.5. The third kappa shape index (κ3) is 8.26. The van der Waals surface area contributed by atoms with Crippen LogP contribution in [-0.2, 0) is 5.41 Å². The van der Waals surface area contributed by atoms with Crippen molar-refractivity contribution in [2.24, 2.45) is 0 Å². The van der Waals surface area contributed by atoms with Gasteiger partial charge in [0.05, 0.1) is 60.9 Å². The normalized spacial score (nSPS) is 12.6. The Hall–Kier alpha value is -13.5. The van der Waals surface area contributed by atoms with Crippen LogP contribution in [0.3, 0.4) is 0 Å². The summed E-state index contributed by atoms with van der Waals surface area (Å²) in [7, 11) is 0. The highest BCUT2D eigenvalue weighted by Gasteiger charge is 2.46. The Labute approximate surface area is 581 Å². The average molecular weight is 1290 g/mol. The Morgan fingerprint density at radius 3 is 0.990 bits per heavy atom. The fraction of sp³-hybridized carbons (Fsp3) is 0.0106. The van der Waals surface area contributed by atoms with Gasteiger partial charge in [-0.1, -0.05) is 291 Å². The van der Waals surface area contributed by atoms with Gasteiger partial charge < -0.3 is 18.3 Å². The van der Waals surface area contributed by atoms with Gasteiger partial charge in [0, 0.05) is 76.7 Å². The molecule has 0 bridgehead atoms. The summed E-state index contributed by atoms with van der Waals surface area (Å²) in [6.07, 6.45) is 0. The van der Waals surface area contributed by atoms with E-state index in [4.69, 9.17) is 15.0 Å². The molecule has 15 aromatic carbocycles. The number of aromatic nitrogens is 7. The van der Waals surface area contributed by atoms with E-state index in [2.05, 4.69) is 364 Å². The van der Waals surface area contributed by atoms with Gasteiger partial charge in [0.1, 0.15) is 0 Å². The molecule has 0 saturated heterocycles. The van der Waals surface area contributed by atoms with E-state index in [-0.39, 0.29) is 0 Å². The topological polar surface area (TPSA) is 58.4 Å². The molecule has 5 aromatic heterocycles. The molecule has 101 heavy (non-hydrogen) atoms. The molecule has 0 N–H and O–H groups in total. The molecular formula is C94H59N7. The van der Waals surface area contributed by atoms with Gasteiger partial charge in [0.25, 0.3) is 0 Å². The summed E-state index contributed by atoms with van der Waals surface area (Å²) in [5.74, 6) is 1.71. The summed E-state index contributed by atoms with van der Waals surface area (Å²) in [5, 5.41) is 9.21. The second kappa shape index (κ2) is 22.3. The summed E-state index contributed by atoms with van der Waals surface area (Å²) in [5.41, 5.74) is 24.3. The minimum absolute atomic E-state index is 0.546. The van der Waals surface area contributed by atoms with Gasteiger partial charge in [0.2, 0.25) is 0 Å². The third-order valence-corrected chi connectivity index (χ3v) is 21.2. The summed E-state index contributed by atoms with van der Waals surface area (Å²) >= 11 is 0. The second-order valence-electron chi connectivity index (χ2n) is 26.5. The first kappa shape index (κ1) is 56.7. The highest BCUT2D eigenvalue weighted by Crippen LogP contribution is 2.57. The van der Waals surface area contributed by atoms with E-state index in [1.807, 2.05) is 12.1 Å². The first-order valence-corrected chi connectivity index (χ1v) is 34.6. The maximum Gasteiger partial charge on any atom is 0.164 e. The largest absolute Gasteiger partial charge is 0.309 e.